The van der Waals surface area contributed by atoms with Gasteiger partial charge in [0.25, 0.3) is 0 Å². The third-order valence-corrected chi connectivity index (χ3v) is 4.36. The minimum Gasteiger partial charge on any atom is -0.490 e. The average molecular weight is 367 g/mol. The van der Waals surface area contributed by atoms with E-state index in [1.165, 1.54) is 6.07 Å². The molecular weight excluding hydrogens is 349 g/mol. The highest BCUT2D eigenvalue weighted by Crippen LogP contribution is 2.38. The summed E-state index contributed by atoms with van der Waals surface area (Å²) in [6.07, 6.45) is -1.33. The molecule has 2 atom stereocenters. The van der Waals surface area contributed by atoms with Crippen LogP contribution in [0.25, 0.3) is 0 Å². The third kappa shape index (κ3) is 4.36. The zero-order valence-electron chi connectivity index (χ0n) is 11.8. The lowest BCUT2D eigenvalue weighted by atomic mass is 9.95. The smallest absolute Gasteiger partial charge is 0.419 e. The molecule has 118 valence electrons. The van der Waals surface area contributed by atoms with Crippen LogP contribution in [-0.4, -0.2) is 19.3 Å². The van der Waals surface area contributed by atoms with E-state index in [0.717, 1.165) is 25.3 Å². The molecule has 0 saturated heterocycles. The molecule has 1 aromatic carbocycles. The Morgan fingerprint density at radius 2 is 1.95 bits per heavy atom. The molecule has 1 aromatic rings. The second kappa shape index (κ2) is 7.01. The van der Waals surface area contributed by atoms with E-state index >= 15 is 0 Å². The van der Waals surface area contributed by atoms with Gasteiger partial charge in [-0.15, -0.1) is 0 Å². The van der Waals surface area contributed by atoms with Gasteiger partial charge in [0.1, 0.15) is 11.9 Å². The van der Waals surface area contributed by atoms with E-state index in [-0.39, 0.29) is 18.0 Å². The fraction of sp³-hybridized carbons (Fsp3) is 0.600. The molecule has 6 heteroatoms. The minimum absolute atomic E-state index is 0.0694. The lowest BCUT2D eigenvalue weighted by molar-refractivity contribution is -0.139. The molecular formula is C15H18BrF3O2. The van der Waals surface area contributed by atoms with Gasteiger partial charge in [-0.25, -0.2) is 0 Å². The van der Waals surface area contributed by atoms with Crippen molar-refractivity contribution in [3.8, 4) is 5.75 Å². The van der Waals surface area contributed by atoms with Crippen molar-refractivity contribution in [1.82, 2.24) is 0 Å². The van der Waals surface area contributed by atoms with E-state index in [9.17, 15) is 13.2 Å². The number of hydrogen-bond donors (Lipinski definition) is 0. The zero-order valence-corrected chi connectivity index (χ0v) is 13.3. The second-order valence-electron chi connectivity index (χ2n) is 5.23. The van der Waals surface area contributed by atoms with E-state index in [0.29, 0.717) is 17.3 Å². The first-order valence-electron chi connectivity index (χ1n) is 6.89. The maximum Gasteiger partial charge on any atom is 0.419 e. The highest BCUT2D eigenvalue weighted by molar-refractivity contribution is 9.08. The summed E-state index contributed by atoms with van der Waals surface area (Å²) in [5.41, 5.74) is -0.132. The largest absolute Gasteiger partial charge is 0.490 e. The van der Waals surface area contributed by atoms with E-state index in [2.05, 4.69) is 15.9 Å². The molecule has 0 radical (unpaired) electrons. The molecule has 0 bridgehead atoms. The van der Waals surface area contributed by atoms with Gasteiger partial charge < -0.3 is 9.47 Å². The Morgan fingerprint density at radius 1 is 1.24 bits per heavy atom. The number of ether oxygens (including phenoxy) is 2. The second-order valence-corrected chi connectivity index (χ2v) is 5.79. The minimum atomic E-state index is -4.41. The highest BCUT2D eigenvalue weighted by Gasteiger charge is 2.35. The molecule has 1 aliphatic carbocycles. The fourth-order valence-corrected chi connectivity index (χ4v) is 2.94. The standard InChI is InChI=1S/C15H18BrF3O2/c1-20-11-3-2-4-12(8-11)21-14-6-5-10(9-16)7-13(14)15(17,18)19/h5-7,11-12H,2-4,8-9H2,1H3. The fourth-order valence-electron chi connectivity index (χ4n) is 2.59. The molecule has 0 aromatic heterocycles. The van der Waals surface area contributed by atoms with Gasteiger partial charge in [0, 0.05) is 18.9 Å². The van der Waals surface area contributed by atoms with E-state index in [4.69, 9.17) is 9.47 Å². The van der Waals surface area contributed by atoms with Crippen molar-refractivity contribution in [2.45, 2.75) is 49.4 Å². The van der Waals surface area contributed by atoms with Crippen LogP contribution < -0.4 is 4.74 Å². The molecule has 1 fully saturated rings. The van der Waals surface area contributed by atoms with Crippen molar-refractivity contribution >= 4 is 15.9 Å². The normalized spacial score (nSPS) is 23.1. The van der Waals surface area contributed by atoms with Gasteiger partial charge in [-0.3, -0.25) is 0 Å². The van der Waals surface area contributed by atoms with Crippen molar-refractivity contribution in [1.29, 1.82) is 0 Å². The van der Waals surface area contributed by atoms with Crippen LogP contribution in [0.4, 0.5) is 13.2 Å². The summed E-state index contributed by atoms with van der Waals surface area (Å²) in [7, 11) is 1.62. The Bertz CT molecular complexity index is 476. The van der Waals surface area contributed by atoms with Gasteiger partial charge in [-0.1, -0.05) is 22.0 Å². The van der Waals surface area contributed by atoms with Crippen LogP contribution in [0.5, 0.6) is 5.75 Å². The number of methoxy groups -OCH3 is 1. The van der Waals surface area contributed by atoms with E-state index in [1.807, 2.05) is 0 Å². The number of alkyl halides is 4. The molecule has 0 N–H and O–H groups in total. The molecule has 2 rings (SSSR count). The molecule has 21 heavy (non-hydrogen) atoms. The van der Waals surface area contributed by atoms with Crippen LogP contribution in [0.3, 0.4) is 0 Å². The first-order valence-corrected chi connectivity index (χ1v) is 8.01. The topological polar surface area (TPSA) is 18.5 Å². The Balaban J connectivity index is 2.19. The molecule has 0 spiro atoms. The van der Waals surface area contributed by atoms with Gasteiger partial charge >= 0.3 is 6.18 Å². The summed E-state index contributed by atoms with van der Waals surface area (Å²) in [5.74, 6) is -0.0889. The molecule has 1 aliphatic rings. The Morgan fingerprint density at radius 3 is 2.57 bits per heavy atom. The van der Waals surface area contributed by atoms with Gasteiger partial charge in [-0.2, -0.15) is 13.2 Å². The molecule has 2 nitrogen and oxygen atoms in total. The number of halogens is 4. The molecule has 1 saturated carbocycles. The van der Waals surface area contributed by atoms with Gasteiger partial charge in [0.2, 0.25) is 0 Å². The molecule has 0 amide bonds. The van der Waals surface area contributed by atoms with Crippen LogP contribution in [0, 0.1) is 0 Å². The third-order valence-electron chi connectivity index (χ3n) is 3.71. The quantitative estimate of drug-likeness (QED) is 0.702. The van der Waals surface area contributed by atoms with Gasteiger partial charge in [0.05, 0.1) is 11.7 Å². The Kier molecular flexibility index (Phi) is 5.54. The summed E-state index contributed by atoms with van der Waals surface area (Å²) in [4.78, 5) is 0. The van der Waals surface area contributed by atoms with Crippen LogP contribution >= 0.6 is 15.9 Å². The zero-order chi connectivity index (χ0) is 15.5. The maximum atomic E-state index is 13.1. The maximum absolute atomic E-state index is 13.1. The lowest BCUT2D eigenvalue weighted by Gasteiger charge is -2.29. The highest BCUT2D eigenvalue weighted by atomic mass is 79.9. The first kappa shape index (κ1) is 16.6. The monoisotopic (exact) mass is 366 g/mol. The SMILES string of the molecule is COC1CCCC(Oc2ccc(CBr)cc2C(F)(F)F)C1. The predicted octanol–water partition coefficient (Wildman–Crippen LogP) is 4.94. The summed E-state index contributed by atoms with van der Waals surface area (Å²) in [6, 6.07) is 4.20. The number of rotatable bonds is 4. The van der Waals surface area contributed by atoms with Gasteiger partial charge in [-0.05, 0) is 37.0 Å². The number of benzene rings is 1. The van der Waals surface area contributed by atoms with Crippen molar-refractivity contribution in [3.63, 3.8) is 0 Å². The Hall–Kier alpha value is -0.750. The molecule has 2 unspecified atom stereocenters. The molecule has 0 aliphatic heterocycles. The first-order chi connectivity index (χ1) is 9.94. The van der Waals surface area contributed by atoms with Crippen LogP contribution in [0.1, 0.15) is 36.8 Å². The Labute approximate surface area is 130 Å². The van der Waals surface area contributed by atoms with E-state index < -0.39 is 11.7 Å². The summed E-state index contributed by atoms with van der Waals surface area (Å²) < 4.78 is 50.3. The molecule has 0 heterocycles. The van der Waals surface area contributed by atoms with Crippen molar-refractivity contribution in [3.05, 3.63) is 29.3 Å². The van der Waals surface area contributed by atoms with Crippen LogP contribution in [0.2, 0.25) is 0 Å². The lowest BCUT2D eigenvalue weighted by Crippen LogP contribution is -2.30. The van der Waals surface area contributed by atoms with Gasteiger partial charge in [0.15, 0.2) is 0 Å². The summed E-state index contributed by atoms with van der Waals surface area (Å²) in [5, 5.41) is 0.380. The number of hydrogen-bond acceptors (Lipinski definition) is 2. The summed E-state index contributed by atoms with van der Waals surface area (Å²) >= 11 is 3.17. The average Bonchev–Trinajstić information content (AvgIpc) is 2.46. The van der Waals surface area contributed by atoms with Crippen molar-refractivity contribution in [2.75, 3.05) is 7.11 Å². The van der Waals surface area contributed by atoms with E-state index in [1.54, 1.807) is 13.2 Å². The van der Waals surface area contributed by atoms with Crippen LogP contribution in [-0.2, 0) is 16.2 Å². The summed E-state index contributed by atoms with van der Waals surface area (Å²) in [6.45, 7) is 0. The van der Waals surface area contributed by atoms with Crippen molar-refractivity contribution in [2.24, 2.45) is 0 Å². The van der Waals surface area contributed by atoms with Crippen LogP contribution in [0.15, 0.2) is 18.2 Å². The van der Waals surface area contributed by atoms with Crippen molar-refractivity contribution < 1.29 is 22.6 Å². The predicted molar refractivity (Wildman–Crippen MR) is 77.8 cm³/mol.